The lowest BCUT2D eigenvalue weighted by Gasteiger charge is -2.11. The van der Waals surface area contributed by atoms with Crippen molar-refractivity contribution in [2.75, 3.05) is 5.32 Å². The van der Waals surface area contributed by atoms with Gasteiger partial charge in [0.25, 0.3) is 0 Å². The first-order valence-corrected chi connectivity index (χ1v) is 9.82. The van der Waals surface area contributed by atoms with Gasteiger partial charge < -0.3 is 5.32 Å². The van der Waals surface area contributed by atoms with Crippen molar-refractivity contribution < 1.29 is 4.79 Å². The van der Waals surface area contributed by atoms with Crippen LogP contribution in [0.5, 0.6) is 0 Å². The first kappa shape index (κ1) is 18.2. The van der Waals surface area contributed by atoms with Crippen molar-refractivity contribution in [3.05, 3.63) is 65.0 Å². The van der Waals surface area contributed by atoms with Gasteiger partial charge in [-0.15, -0.1) is 11.3 Å². The van der Waals surface area contributed by atoms with Crippen molar-refractivity contribution in [2.45, 2.75) is 23.4 Å². The number of thiazole rings is 1. The van der Waals surface area contributed by atoms with Gasteiger partial charge in [-0.25, -0.2) is 4.98 Å². The molecule has 6 heteroatoms. The third kappa shape index (κ3) is 4.31. The largest absolute Gasteiger partial charge is 0.324 e. The van der Waals surface area contributed by atoms with E-state index in [9.17, 15) is 4.79 Å². The van der Waals surface area contributed by atoms with Gasteiger partial charge >= 0.3 is 0 Å². The number of hydrogen-bond acceptors (Lipinski definition) is 5. The van der Waals surface area contributed by atoms with Gasteiger partial charge in [0.15, 0.2) is 4.34 Å². The van der Waals surface area contributed by atoms with Gasteiger partial charge in [0, 0.05) is 10.9 Å². The number of rotatable bonds is 5. The standard InChI is InChI=1S/C20H17N3OS2/c1-13-7-9-15(10-8-13)18-12-25-20(23-18)26-14(2)19(24)22-17-6-4-3-5-16(17)11-21/h3-10,12,14H,1-2H3,(H,22,24)/t14-/m1/s1. The van der Waals surface area contributed by atoms with E-state index >= 15 is 0 Å². The molecule has 0 aliphatic carbocycles. The molecule has 130 valence electrons. The third-order valence-electron chi connectivity index (χ3n) is 3.78. The summed E-state index contributed by atoms with van der Waals surface area (Å²) in [6.07, 6.45) is 0. The molecule has 0 aliphatic heterocycles. The minimum atomic E-state index is -0.321. The zero-order chi connectivity index (χ0) is 18.5. The topological polar surface area (TPSA) is 65.8 Å². The van der Waals surface area contributed by atoms with E-state index in [2.05, 4.69) is 35.4 Å². The van der Waals surface area contributed by atoms with Gasteiger partial charge in [0.1, 0.15) is 6.07 Å². The number of thioether (sulfide) groups is 1. The van der Waals surface area contributed by atoms with Gasteiger partial charge in [-0.1, -0.05) is 53.7 Å². The second-order valence-electron chi connectivity index (χ2n) is 5.77. The Hall–Kier alpha value is -2.62. The van der Waals surface area contributed by atoms with E-state index in [0.29, 0.717) is 11.3 Å². The summed E-state index contributed by atoms with van der Waals surface area (Å²) in [4.78, 5) is 17.1. The van der Waals surface area contributed by atoms with E-state index < -0.39 is 0 Å². The summed E-state index contributed by atoms with van der Waals surface area (Å²) in [6.45, 7) is 3.89. The van der Waals surface area contributed by atoms with Crippen molar-refractivity contribution in [1.82, 2.24) is 4.98 Å². The molecule has 0 saturated carbocycles. The summed E-state index contributed by atoms with van der Waals surface area (Å²) in [5.74, 6) is -0.148. The Morgan fingerprint density at radius 3 is 2.69 bits per heavy atom. The number of carbonyl (C=O) groups is 1. The summed E-state index contributed by atoms with van der Waals surface area (Å²) in [7, 11) is 0. The summed E-state index contributed by atoms with van der Waals surface area (Å²) in [5, 5.41) is 13.6. The molecule has 0 spiro atoms. The molecule has 0 fully saturated rings. The number of aromatic nitrogens is 1. The second kappa shape index (κ2) is 8.17. The predicted octanol–water partition coefficient (Wildman–Crippen LogP) is 5.11. The molecule has 0 radical (unpaired) electrons. The number of para-hydroxylation sites is 1. The SMILES string of the molecule is Cc1ccc(-c2csc(S[C@H](C)C(=O)Nc3ccccc3C#N)n2)cc1. The van der Waals surface area contributed by atoms with Crippen molar-refractivity contribution in [2.24, 2.45) is 0 Å². The zero-order valence-corrected chi connectivity index (χ0v) is 16.0. The summed E-state index contributed by atoms with van der Waals surface area (Å²) < 4.78 is 0.844. The average Bonchev–Trinajstić information content (AvgIpc) is 3.11. The highest BCUT2D eigenvalue weighted by atomic mass is 32.2. The van der Waals surface area contributed by atoms with Crippen molar-refractivity contribution in [1.29, 1.82) is 5.26 Å². The maximum Gasteiger partial charge on any atom is 0.237 e. The number of amides is 1. The molecular formula is C20H17N3OS2. The zero-order valence-electron chi connectivity index (χ0n) is 14.4. The normalized spacial score (nSPS) is 11.6. The monoisotopic (exact) mass is 379 g/mol. The van der Waals surface area contributed by atoms with Crippen LogP contribution in [-0.2, 0) is 4.79 Å². The number of benzene rings is 2. The van der Waals surface area contributed by atoms with Crippen molar-refractivity contribution >= 4 is 34.7 Å². The van der Waals surface area contributed by atoms with E-state index in [1.54, 1.807) is 24.3 Å². The van der Waals surface area contributed by atoms with Crippen molar-refractivity contribution in [3.8, 4) is 17.3 Å². The molecule has 3 aromatic rings. The van der Waals surface area contributed by atoms with Crippen LogP contribution in [0.15, 0.2) is 58.3 Å². The van der Waals surface area contributed by atoms with Gasteiger partial charge in [0.05, 0.1) is 22.2 Å². The quantitative estimate of drug-likeness (QED) is 0.626. The predicted molar refractivity (Wildman–Crippen MR) is 107 cm³/mol. The molecule has 0 aliphatic rings. The number of anilines is 1. The van der Waals surface area contributed by atoms with E-state index in [-0.39, 0.29) is 11.2 Å². The Bertz CT molecular complexity index is 958. The fraction of sp³-hybridized carbons (Fsp3) is 0.150. The first-order chi connectivity index (χ1) is 12.6. The lowest BCUT2D eigenvalue weighted by Crippen LogP contribution is -2.22. The van der Waals surface area contributed by atoms with Crippen LogP contribution < -0.4 is 5.32 Å². The number of nitrogens with zero attached hydrogens (tertiary/aromatic N) is 2. The van der Waals surface area contributed by atoms with Crippen LogP contribution >= 0.6 is 23.1 Å². The highest BCUT2D eigenvalue weighted by molar-refractivity contribution is 8.02. The van der Waals surface area contributed by atoms with Gasteiger partial charge in [0.2, 0.25) is 5.91 Å². The van der Waals surface area contributed by atoms with Gasteiger partial charge in [-0.3, -0.25) is 4.79 Å². The van der Waals surface area contributed by atoms with Crippen LogP contribution in [0.1, 0.15) is 18.1 Å². The van der Waals surface area contributed by atoms with E-state index in [1.807, 2.05) is 24.4 Å². The number of aryl methyl sites for hydroxylation is 1. The van der Waals surface area contributed by atoms with Crippen LogP contribution in [0.25, 0.3) is 11.3 Å². The molecule has 0 unspecified atom stereocenters. The number of nitriles is 1. The summed E-state index contributed by atoms with van der Waals surface area (Å²) in [5.41, 5.74) is 4.18. The third-order valence-corrected chi connectivity index (χ3v) is 5.85. The summed E-state index contributed by atoms with van der Waals surface area (Å²) in [6, 6.07) is 17.3. The molecule has 1 amide bonds. The molecule has 3 rings (SSSR count). The fourth-order valence-electron chi connectivity index (χ4n) is 2.30. The minimum Gasteiger partial charge on any atom is -0.324 e. The molecule has 1 heterocycles. The van der Waals surface area contributed by atoms with Gasteiger partial charge in [-0.05, 0) is 26.0 Å². The van der Waals surface area contributed by atoms with Gasteiger partial charge in [-0.2, -0.15) is 5.26 Å². The Labute approximate surface area is 160 Å². The highest BCUT2D eigenvalue weighted by Gasteiger charge is 2.18. The lowest BCUT2D eigenvalue weighted by molar-refractivity contribution is -0.115. The maximum atomic E-state index is 12.4. The number of nitrogens with one attached hydrogen (secondary N) is 1. The Morgan fingerprint density at radius 2 is 1.96 bits per heavy atom. The first-order valence-electron chi connectivity index (χ1n) is 8.06. The van der Waals surface area contributed by atoms with Crippen molar-refractivity contribution in [3.63, 3.8) is 0 Å². The van der Waals surface area contributed by atoms with Crippen LogP contribution in [0.2, 0.25) is 0 Å². The Kier molecular flexibility index (Phi) is 5.71. The molecule has 4 nitrogen and oxygen atoms in total. The molecule has 1 N–H and O–H groups in total. The Morgan fingerprint density at radius 1 is 1.23 bits per heavy atom. The number of hydrogen-bond donors (Lipinski definition) is 1. The maximum absolute atomic E-state index is 12.4. The molecule has 26 heavy (non-hydrogen) atoms. The van der Waals surface area contributed by atoms with E-state index in [1.165, 1.54) is 28.7 Å². The lowest BCUT2D eigenvalue weighted by atomic mass is 10.1. The van der Waals surface area contributed by atoms with Crippen LogP contribution in [0.3, 0.4) is 0 Å². The highest BCUT2D eigenvalue weighted by Crippen LogP contribution is 2.31. The fourth-order valence-corrected chi connectivity index (χ4v) is 4.27. The summed E-state index contributed by atoms with van der Waals surface area (Å²) >= 11 is 2.94. The van der Waals surface area contributed by atoms with Crippen LogP contribution in [0, 0.1) is 18.3 Å². The van der Waals surface area contributed by atoms with Crippen LogP contribution in [-0.4, -0.2) is 16.1 Å². The molecule has 1 aromatic heterocycles. The van der Waals surface area contributed by atoms with E-state index in [4.69, 9.17) is 5.26 Å². The molecule has 1 atom stereocenters. The average molecular weight is 380 g/mol. The Balaban J connectivity index is 1.66. The molecular weight excluding hydrogens is 362 g/mol. The molecule has 2 aromatic carbocycles. The van der Waals surface area contributed by atoms with Crippen LogP contribution in [0.4, 0.5) is 5.69 Å². The molecule has 0 bridgehead atoms. The smallest absolute Gasteiger partial charge is 0.237 e. The number of carbonyl (C=O) groups excluding carboxylic acids is 1. The van der Waals surface area contributed by atoms with E-state index in [0.717, 1.165) is 15.6 Å². The molecule has 0 saturated heterocycles. The second-order valence-corrected chi connectivity index (χ2v) is 8.22. The minimum absolute atomic E-state index is 0.148.